The Morgan fingerprint density at radius 3 is 2.39 bits per heavy atom. The van der Waals surface area contributed by atoms with E-state index in [0.717, 1.165) is 12.8 Å². The number of allylic oxidation sites excluding steroid dienone is 1. The van der Waals surface area contributed by atoms with Gasteiger partial charge in [-0.3, -0.25) is 14.4 Å². The number of ether oxygens (including phenoxy) is 2. The van der Waals surface area contributed by atoms with Crippen molar-refractivity contribution in [1.29, 1.82) is 0 Å². The lowest BCUT2D eigenvalue weighted by atomic mass is 9.51. The molecule has 3 aliphatic carbocycles. The van der Waals surface area contributed by atoms with Gasteiger partial charge in [0.1, 0.15) is 6.10 Å². The summed E-state index contributed by atoms with van der Waals surface area (Å²) in [4.78, 5) is 34.2. The van der Waals surface area contributed by atoms with Crippen molar-refractivity contribution in [3.8, 4) is 0 Å². The third kappa shape index (κ3) is 2.86. The van der Waals surface area contributed by atoms with E-state index < -0.39 is 17.1 Å². The van der Waals surface area contributed by atoms with E-state index in [1.54, 1.807) is 14.0 Å². The monoisotopic (exact) mass is 394 g/mol. The lowest BCUT2D eigenvalue weighted by Gasteiger charge is -2.58. The normalized spacial score (nSPS) is 41.4. The van der Waals surface area contributed by atoms with Crippen LogP contribution in [0.3, 0.4) is 0 Å². The summed E-state index contributed by atoms with van der Waals surface area (Å²) in [6, 6.07) is 0. The van der Waals surface area contributed by atoms with Crippen LogP contribution in [0.4, 0.5) is 0 Å². The number of methoxy groups -OCH3 is 1. The zero-order valence-electron chi connectivity index (χ0n) is 16.9. The molecule has 2 bridgehead atoms. The summed E-state index contributed by atoms with van der Waals surface area (Å²) in [5.41, 5.74) is -0.142. The van der Waals surface area contributed by atoms with Crippen LogP contribution < -0.4 is 0 Å². The van der Waals surface area contributed by atoms with Gasteiger partial charge in [0, 0.05) is 30.8 Å². The minimum atomic E-state index is -1.21. The largest absolute Gasteiger partial charge is 0.483 e. The van der Waals surface area contributed by atoms with Crippen LogP contribution in [-0.4, -0.2) is 59.8 Å². The zero-order chi connectivity index (χ0) is 20.9. The molecule has 6 atom stereocenters. The maximum atomic E-state index is 13.2. The fraction of sp³-hybridized carbons (Fsp3) is 0.762. The molecule has 3 fully saturated rings. The molecule has 7 heteroatoms. The Labute approximate surface area is 165 Å². The van der Waals surface area contributed by atoms with Crippen molar-refractivity contribution in [3.05, 3.63) is 11.1 Å². The van der Waals surface area contributed by atoms with Crippen molar-refractivity contribution in [1.82, 2.24) is 0 Å². The molecule has 0 aromatic rings. The van der Waals surface area contributed by atoms with Crippen LogP contribution in [0.1, 0.15) is 46.5 Å². The molecule has 4 aliphatic rings. The van der Waals surface area contributed by atoms with Crippen LogP contribution in [0, 0.1) is 23.2 Å². The summed E-state index contributed by atoms with van der Waals surface area (Å²) in [6.45, 7) is 6.18. The highest BCUT2D eigenvalue weighted by Gasteiger charge is 2.61. The maximum Gasteiger partial charge on any atom is 0.290 e. The van der Waals surface area contributed by atoms with Gasteiger partial charge in [-0.05, 0) is 43.3 Å². The summed E-state index contributed by atoms with van der Waals surface area (Å²) in [6.07, 6.45) is 1.63. The highest BCUT2D eigenvalue weighted by molar-refractivity contribution is 6.01. The van der Waals surface area contributed by atoms with Gasteiger partial charge in [0.05, 0.1) is 18.3 Å². The standard InChI is InChI=1S/C20H28O5.CH2O2/c1-10-14(21)8-20(24-4)7-12-11(5-6-15-13(12)9-25-15)17(22)18(23)16(10)19(20,2)3;2-1-3/h11-13,15,18,23H,5-9H2,1-4H3;1H,(H,2,3). The minimum Gasteiger partial charge on any atom is -0.483 e. The number of Topliss-reactive ketones (excluding diaryl/α,β-unsaturated/α-hetero) is 2. The number of carbonyl (C=O) groups is 3. The zero-order valence-corrected chi connectivity index (χ0v) is 16.9. The van der Waals surface area contributed by atoms with Crippen molar-refractivity contribution in [2.75, 3.05) is 13.7 Å². The highest BCUT2D eigenvalue weighted by atomic mass is 16.5. The van der Waals surface area contributed by atoms with Crippen LogP contribution in [0.25, 0.3) is 0 Å². The van der Waals surface area contributed by atoms with E-state index in [0.29, 0.717) is 36.5 Å². The molecule has 0 aromatic heterocycles. The molecule has 0 radical (unpaired) electrons. The minimum absolute atomic E-state index is 0.0151. The Bertz CT molecular complexity index is 710. The number of aliphatic hydroxyl groups is 1. The summed E-state index contributed by atoms with van der Waals surface area (Å²) < 4.78 is 11.7. The second-order valence-electron chi connectivity index (χ2n) is 8.96. The van der Waals surface area contributed by atoms with Gasteiger partial charge in [-0.25, -0.2) is 0 Å². The van der Waals surface area contributed by atoms with Crippen LogP contribution in [0.15, 0.2) is 11.1 Å². The molecule has 1 saturated heterocycles. The number of rotatable bonds is 1. The van der Waals surface area contributed by atoms with E-state index in [2.05, 4.69) is 0 Å². The molecule has 0 aromatic carbocycles. The Hall–Kier alpha value is -1.57. The molecule has 6 unspecified atom stereocenters. The van der Waals surface area contributed by atoms with Gasteiger partial charge in [0.15, 0.2) is 11.6 Å². The first-order valence-corrected chi connectivity index (χ1v) is 9.86. The molecule has 4 rings (SSSR count). The molecule has 0 spiro atoms. The van der Waals surface area contributed by atoms with Crippen molar-refractivity contribution in [3.63, 3.8) is 0 Å². The molecule has 1 heterocycles. The van der Waals surface area contributed by atoms with Gasteiger partial charge in [-0.15, -0.1) is 0 Å². The summed E-state index contributed by atoms with van der Waals surface area (Å²) in [7, 11) is 1.66. The second-order valence-corrected chi connectivity index (χ2v) is 8.96. The molecular weight excluding hydrogens is 364 g/mol. The van der Waals surface area contributed by atoms with Crippen molar-refractivity contribution < 1.29 is 34.1 Å². The fourth-order valence-corrected chi connectivity index (χ4v) is 6.03. The van der Waals surface area contributed by atoms with Crippen LogP contribution >= 0.6 is 0 Å². The summed E-state index contributed by atoms with van der Waals surface area (Å²) in [5, 5.41) is 17.9. The number of carbonyl (C=O) groups excluding carboxylic acids is 2. The summed E-state index contributed by atoms with van der Waals surface area (Å²) >= 11 is 0. The van der Waals surface area contributed by atoms with Crippen molar-refractivity contribution in [2.24, 2.45) is 23.2 Å². The molecule has 2 saturated carbocycles. The molecule has 28 heavy (non-hydrogen) atoms. The van der Waals surface area contributed by atoms with Crippen LogP contribution in [-0.2, 0) is 23.9 Å². The number of fused-ring (bicyclic) bond motifs is 5. The van der Waals surface area contributed by atoms with Gasteiger partial charge < -0.3 is 19.7 Å². The first-order chi connectivity index (χ1) is 13.1. The third-order valence-electron chi connectivity index (χ3n) is 7.75. The highest BCUT2D eigenvalue weighted by Crippen LogP contribution is 2.58. The van der Waals surface area contributed by atoms with Crippen molar-refractivity contribution in [2.45, 2.75) is 64.3 Å². The van der Waals surface area contributed by atoms with Crippen molar-refractivity contribution >= 4 is 18.0 Å². The molecule has 7 nitrogen and oxygen atoms in total. The molecular formula is C21H30O7. The molecule has 2 N–H and O–H groups in total. The number of hydrogen-bond donors (Lipinski definition) is 2. The Morgan fingerprint density at radius 2 is 1.86 bits per heavy atom. The SMILES string of the molecule is COC12CC(=O)C(C)=C(C(O)C(=O)C3CCC4OCC4C3C1)C2(C)C.O=CO. The molecule has 1 aliphatic heterocycles. The van der Waals surface area contributed by atoms with E-state index >= 15 is 0 Å². The number of carboxylic acid groups (broad SMARTS) is 1. The lowest BCUT2D eigenvalue weighted by molar-refractivity contribution is -0.203. The smallest absolute Gasteiger partial charge is 0.290 e. The average molecular weight is 394 g/mol. The first-order valence-electron chi connectivity index (χ1n) is 9.86. The molecule has 0 amide bonds. The first kappa shape index (κ1) is 21.1. The van der Waals surface area contributed by atoms with E-state index in [9.17, 15) is 14.7 Å². The topological polar surface area (TPSA) is 110 Å². The van der Waals surface area contributed by atoms with Gasteiger partial charge in [0.2, 0.25) is 0 Å². The molecule has 156 valence electrons. The second kappa shape index (κ2) is 7.35. The fourth-order valence-electron chi connectivity index (χ4n) is 6.03. The van der Waals surface area contributed by atoms with Gasteiger partial charge >= 0.3 is 0 Å². The maximum absolute atomic E-state index is 13.2. The third-order valence-corrected chi connectivity index (χ3v) is 7.75. The van der Waals surface area contributed by atoms with Crippen LogP contribution in [0.2, 0.25) is 0 Å². The van der Waals surface area contributed by atoms with E-state index in [1.807, 2.05) is 13.8 Å². The van der Waals surface area contributed by atoms with Gasteiger partial charge in [0.25, 0.3) is 6.47 Å². The Balaban J connectivity index is 0.000000706. The van der Waals surface area contributed by atoms with Gasteiger partial charge in [-0.2, -0.15) is 0 Å². The number of hydrogen-bond acceptors (Lipinski definition) is 6. The predicted octanol–water partition coefficient (Wildman–Crippen LogP) is 1.76. The number of ketones is 2. The Kier molecular flexibility index (Phi) is 5.55. The quantitative estimate of drug-likeness (QED) is 0.652. The van der Waals surface area contributed by atoms with Crippen LogP contribution in [0.5, 0.6) is 0 Å². The van der Waals surface area contributed by atoms with E-state index in [4.69, 9.17) is 19.4 Å². The Morgan fingerprint density at radius 1 is 1.21 bits per heavy atom. The average Bonchev–Trinajstić information content (AvgIpc) is 2.60. The number of aliphatic hydroxyl groups excluding tert-OH is 1. The summed E-state index contributed by atoms with van der Waals surface area (Å²) in [5.74, 6) is 0.153. The van der Waals surface area contributed by atoms with Gasteiger partial charge in [-0.1, -0.05) is 13.8 Å². The van der Waals surface area contributed by atoms with E-state index in [-0.39, 0.29) is 36.0 Å². The predicted molar refractivity (Wildman–Crippen MR) is 99.6 cm³/mol. The lowest BCUT2D eigenvalue weighted by Crippen LogP contribution is -2.63. The van der Waals surface area contributed by atoms with E-state index in [1.165, 1.54) is 0 Å².